The quantitative estimate of drug-likeness (QED) is 0.884. The first kappa shape index (κ1) is 17.6. The van der Waals surface area contributed by atoms with Crippen LogP contribution in [0.2, 0.25) is 0 Å². The number of ether oxygens (including phenoxy) is 2. The summed E-state index contributed by atoms with van der Waals surface area (Å²) in [6.45, 7) is 0.655. The van der Waals surface area contributed by atoms with Crippen LogP contribution in [0.3, 0.4) is 0 Å². The van der Waals surface area contributed by atoms with E-state index in [0.717, 1.165) is 38.6 Å². The molecule has 1 saturated heterocycles. The highest BCUT2D eigenvalue weighted by Gasteiger charge is 2.40. The molecular weight excluding hydrogens is 320 g/mol. The lowest BCUT2D eigenvalue weighted by Gasteiger charge is -2.31. The number of aliphatic hydroxyl groups is 1. The van der Waals surface area contributed by atoms with Crippen molar-refractivity contribution in [3.8, 4) is 17.6 Å². The Kier molecular flexibility index (Phi) is 5.44. The van der Waals surface area contributed by atoms with Gasteiger partial charge in [0.15, 0.2) is 18.1 Å². The van der Waals surface area contributed by atoms with E-state index in [1.165, 1.54) is 7.11 Å². The van der Waals surface area contributed by atoms with Crippen molar-refractivity contribution in [3.63, 3.8) is 0 Å². The predicted molar refractivity (Wildman–Crippen MR) is 91.3 cm³/mol. The maximum Gasteiger partial charge on any atom is 0.260 e. The van der Waals surface area contributed by atoms with Crippen molar-refractivity contribution in [3.05, 3.63) is 23.8 Å². The molecule has 1 N–H and O–H groups in total. The van der Waals surface area contributed by atoms with Gasteiger partial charge in [-0.2, -0.15) is 5.26 Å². The molecule has 0 radical (unpaired) electrons. The average Bonchev–Trinajstić information content (AvgIpc) is 3.27. The van der Waals surface area contributed by atoms with Gasteiger partial charge in [0.25, 0.3) is 5.91 Å². The van der Waals surface area contributed by atoms with E-state index in [-0.39, 0.29) is 30.6 Å². The van der Waals surface area contributed by atoms with Gasteiger partial charge in [0.1, 0.15) is 0 Å². The SMILES string of the molecule is COc1cc(C#N)ccc1OCC(=O)N1CCCC1C1CCCC1O. The number of carbonyl (C=O) groups excluding carboxylic acids is 1. The zero-order valence-corrected chi connectivity index (χ0v) is 14.5. The van der Waals surface area contributed by atoms with Crippen LogP contribution >= 0.6 is 0 Å². The summed E-state index contributed by atoms with van der Waals surface area (Å²) in [5, 5.41) is 19.1. The van der Waals surface area contributed by atoms with Crippen LogP contribution in [0.15, 0.2) is 18.2 Å². The first-order valence-corrected chi connectivity index (χ1v) is 8.82. The molecule has 3 atom stereocenters. The monoisotopic (exact) mass is 344 g/mol. The topological polar surface area (TPSA) is 82.8 Å². The van der Waals surface area contributed by atoms with Crippen LogP contribution in [0.4, 0.5) is 0 Å². The van der Waals surface area contributed by atoms with Crippen molar-refractivity contribution < 1.29 is 19.4 Å². The minimum Gasteiger partial charge on any atom is -0.493 e. The second-order valence-electron chi connectivity index (χ2n) is 6.72. The Balaban J connectivity index is 1.63. The van der Waals surface area contributed by atoms with Crippen molar-refractivity contribution in [1.82, 2.24) is 4.90 Å². The van der Waals surface area contributed by atoms with Crippen molar-refractivity contribution in [2.75, 3.05) is 20.3 Å². The normalized spacial score (nSPS) is 25.6. The van der Waals surface area contributed by atoms with Crippen LogP contribution < -0.4 is 9.47 Å². The zero-order valence-electron chi connectivity index (χ0n) is 14.5. The van der Waals surface area contributed by atoms with E-state index in [1.807, 2.05) is 11.0 Å². The Hall–Kier alpha value is -2.26. The molecule has 134 valence electrons. The van der Waals surface area contributed by atoms with Gasteiger partial charge < -0.3 is 19.5 Å². The number of carbonyl (C=O) groups is 1. The molecule has 3 rings (SSSR count). The molecule has 1 heterocycles. The van der Waals surface area contributed by atoms with Gasteiger partial charge in [0, 0.05) is 24.6 Å². The zero-order chi connectivity index (χ0) is 17.8. The number of methoxy groups -OCH3 is 1. The van der Waals surface area contributed by atoms with E-state index >= 15 is 0 Å². The van der Waals surface area contributed by atoms with Gasteiger partial charge in [0.2, 0.25) is 0 Å². The third-order valence-corrected chi connectivity index (χ3v) is 5.29. The molecule has 25 heavy (non-hydrogen) atoms. The third kappa shape index (κ3) is 3.72. The van der Waals surface area contributed by atoms with Gasteiger partial charge in [0.05, 0.1) is 24.8 Å². The molecule has 1 amide bonds. The predicted octanol–water partition coefficient (Wildman–Crippen LogP) is 2.10. The summed E-state index contributed by atoms with van der Waals surface area (Å²) in [6, 6.07) is 7.04. The number of benzene rings is 1. The van der Waals surface area contributed by atoms with Gasteiger partial charge in [-0.25, -0.2) is 0 Å². The van der Waals surface area contributed by atoms with Crippen molar-refractivity contribution in [2.24, 2.45) is 5.92 Å². The van der Waals surface area contributed by atoms with E-state index in [0.29, 0.717) is 17.1 Å². The molecule has 3 unspecified atom stereocenters. The molecular formula is C19H24N2O4. The van der Waals surface area contributed by atoms with Gasteiger partial charge >= 0.3 is 0 Å². The highest BCUT2D eigenvalue weighted by molar-refractivity contribution is 5.78. The summed E-state index contributed by atoms with van der Waals surface area (Å²) in [4.78, 5) is 14.5. The van der Waals surface area contributed by atoms with Crippen LogP contribution in [0.5, 0.6) is 11.5 Å². The first-order valence-electron chi connectivity index (χ1n) is 8.82. The molecule has 1 aromatic carbocycles. The lowest BCUT2D eigenvalue weighted by Crippen LogP contribution is -2.44. The Morgan fingerprint density at radius 2 is 2.16 bits per heavy atom. The second-order valence-corrected chi connectivity index (χ2v) is 6.72. The second kappa shape index (κ2) is 7.75. The smallest absolute Gasteiger partial charge is 0.260 e. The van der Waals surface area contributed by atoms with Crippen LogP contribution in [0.25, 0.3) is 0 Å². The van der Waals surface area contributed by atoms with E-state index in [1.54, 1.807) is 18.2 Å². The van der Waals surface area contributed by atoms with Crippen LogP contribution in [-0.4, -0.2) is 48.3 Å². The summed E-state index contributed by atoms with van der Waals surface area (Å²) in [5.74, 6) is 1.02. The Labute approximate surface area is 147 Å². The minimum atomic E-state index is -0.294. The van der Waals surface area contributed by atoms with E-state index in [9.17, 15) is 9.90 Å². The van der Waals surface area contributed by atoms with Gasteiger partial charge in [-0.15, -0.1) is 0 Å². The van der Waals surface area contributed by atoms with E-state index in [2.05, 4.69) is 0 Å². The fourth-order valence-electron chi connectivity index (χ4n) is 4.04. The standard InChI is InChI=1S/C19H24N2O4/c1-24-18-10-13(11-20)7-8-17(18)25-12-19(23)21-9-3-5-15(21)14-4-2-6-16(14)22/h7-8,10,14-16,22H,2-6,9,12H2,1H3. The summed E-state index contributed by atoms with van der Waals surface area (Å²) >= 11 is 0. The lowest BCUT2D eigenvalue weighted by atomic mass is 9.94. The fraction of sp³-hybridized carbons (Fsp3) is 0.579. The highest BCUT2D eigenvalue weighted by Crippen LogP contribution is 2.36. The third-order valence-electron chi connectivity index (χ3n) is 5.29. The van der Waals surface area contributed by atoms with E-state index < -0.39 is 0 Å². The average molecular weight is 344 g/mol. The minimum absolute atomic E-state index is 0.0620. The van der Waals surface area contributed by atoms with Crippen molar-refractivity contribution in [2.45, 2.75) is 44.2 Å². The fourth-order valence-corrected chi connectivity index (χ4v) is 4.04. The Bertz CT molecular complexity index is 670. The largest absolute Gasteiger partial charge is 0.493 e. The number of rotatable bonds is 5. The summed E-state index contributed by atoms with van der Waals surface area (Å²) in [6.07, 6.45) is 4.48. The van der Waals surface area contributed by atoms with E-state index in [4.69, 9.17) is 14.7 Å². The molecule has 2 aliphatic rings. The Morgan fingerprint density at radius 3 is 2.84 bits per heavy atom. The summed E-state index contributed by atoms with van der Waals surface area (Å²) in [7, 11) is 1.50. The Morgan fingerprint density at radius 1 is 1.32 bits per heavy atom. The molecule has 1 aliphatic carbocycles. The van der Waals surface area contributed by atoms with Crippen molar-refractivity contribution >= 4 is 5.91 Å². The number of nitrogens with zero attached hydrogens (tertiary/aromatic N) is 2. The number of hydrogen-bond donors (Lipinski definition) is 1. The van der Waals surface area contributed by atoms with Gasteiger partial charge in [-0.1, -0.05) is 6.42 Å². The first-order chi connectivity index (χ1) is 12.1. The summed E-state index contributed by atoms with van der Waals surface area (Å²) < 4.78 is 10.9. The molecule has 1 saturated carbocycles. The molecule has 6 nitrogen and oxygen atoms in total. The maximum atomic E-state index is 12.6. The van der Waals surface area contributed by atoms with Crippen LogP contribution in [0, 0.1) is 17.2 Å². The number of amides is 1. The number of aliphatic hydroxyl groups excluding tert-OH is 1. The maximum absolute atomic E-state index is 12.6. The highest BCUT2D eigenvalue weighted by atomic mass is 16.5. The molecule has 0 aromatic heterocycles. The molecule has 1 aliphatic heterocycles. The number of nitriles is 1. The molecule has 6 heteroatoms. The van der Waals surface area contributed by atoms with Gasteiger partial charge in [-0.05, 0) is 37.8 Å². The molecule has 1 aromatic rings. The summed E-state index contributed by atoms with van der Waals surface area (Å²) in [5.41, 5.74) is 0.477. The molecule has 0 bridgehead atoms. The van der Waals surface area contributed by atoms with Crippen LogP contribution in [-0.2, 0) is 4.79 Å². The van der Waals surface area contributed by atoms with Crippen LogP contribution in [0.1, 0.15) is 37.7 Å². The van der Waals surface area contributed by atoms with Crippen molar-refractivity contribution in [1.29, 1.82) is 5.26 Å². The molecule has 0 spiro atoms. The number of likely N-dealkylation sites (tertiary alicyclic amines) is 1. The molecule has 2 fully saturated rings. The number of hydrogen-bond acceptors (Lipinski definition) is 5. The lowest BCUT2D eigenvalue weighted by molar-refractivity contribution is -0.135. The van der Waals surface area contributed by atoms with Gasteiger partial charge in [-0.3, -0.25) is 4.79 Å².